The Balaban J connectivity index is 1.84. The maximum absolute atomic E-state index is 14.0. The number of fused-ring (bicyclic) bond motifs is 1. The van der Waals surface area contributed by atoms with Gasteiger partial charge in [0.1, 0.15) is 0 Å². The lowest BCUT2D eigenvalue weighted by molar-refractivity contribution is 0.0511. The molecule has 4 rings (SSSR count). The number of aromatic nitrogens is 4. The Morgan fingerprint density at radius 2 is 1.73 bits per heavy atom. The number of halogens is 3. The van der Waals surface area contributed by atoms with Crippen molar-refractivity contribution in [2.45, 2.75) is 58.5 Å². The molecule has 2 aromatic heterocycles. The number of benzene rings is 1. The van der Waals surface area contributed by atoms with Crippen LogP contribution >= 0.6 is 0 Å². The first-order valence-corrected chi connectivity index (χ1v) is 11.3. The molecule has 3 heterocycles. The predicted octanol–water partition coefficient (Wildman–Crippen LogP) is 4.73. The topological polar surface area (TPSA) is 56.0 Å². The van der Waals surface area contributed by atoms with Gasteiger partial charge in [-0.2, -0.15) is 10.2 Å². The number of carbonyl (C=O) groups excluding carboxylic acids is 1. The maximum atomic E-state index is 14.0. The molecule has 0 saturated carbocycles. The lowest BCUT2D eigenvalue weighted by atomic mass is 9.87. The zero-order chi connectivity index (χ0) is 24.0. The van der Waals surface area contributed by atoms with E-state index in [0.717, 1.165) is 23.4 Å². The van der Waals surface area contributed by atoms with Crippen LogP contribution in [0.4, 0.5) is 13.2 Å². The van der Waals surface area contributed by atoms with Crippen LogP contribution in [0.25, 0.3) is 11.3 Å². The van der Waals surface area contributed by atoms with E-state index in [0.29, 0.717) is 42.6 Å². The average molecular weight is 460 g/mol. The molecule has 6 nitrogen and oxygen atoms in total. The summed E-state index contributed by atoms with van der Waals surface area (Å²) in [5, 5.41) is 8.95. The minimum absolute atomic E-state index is 0.0876. The van der Waals surface area contributed by atoms with Gasteiger partial charge < -0.3 is 4.90 Å². The fourth-order valence-electron chi connectivity index (χ4n) is 5.07. The van der Waals surface area contributed by atoms with Crippen LogP contribution in [0.1, 0.15) is 67.0 Å². The molecule has 0 spiro atoms. The van der Waals surface area contributed by atoms with Crippen molar-refractivity contribution in [2.24, 2.45) is 14.1 Å². The number of carbonyl (C=O) groups is 1. The highest BCUT2D eigenvalue weighted by Crippen LogP contribution is 2.41. The number of nitrogens with zero attached hydrogens (tertiary/aromatic N) is 5. The van der Waals surface area contributed by atoms with Crippen LogP contribution in [0.3, 0.4) is 0 Å². The van der Waals surface area contributed by atoms with Crippen molar-refractivity contribution in [3.63, 3.8) is 0 Å². The smallest absolute Gasteiger partial charge is 0.258 e. The average Bonchev–Trinajstić information content (AvgIpc) is 3.33. The van der Waals surface area contributed by atoms with Crippen LogP contribution in [0, 0.1) is 17.5 Å². The van der Waals surface area contributed by atoms with Crippen molar-refractivity contribution in [2.75, 3.05) is 0 Å². The summed E-state index contributed by atoms with van der Waals surface area (Å²) < 4.78 is 44.9. The molecular formula is C24H28F3N5O. The maximum Gasteiger partial charge on any atom is 0.258 e. The van der Waals surface area contributed by atoms with Crippen LogP contribution in [0.5, 0.6) is 0 Å². The minimum atomic E-state index is -1.49. The summed E-state index contributed by atoms with van der Waals surface area (Å²) >= 11 is 0. The molecule has 2 atom stereocenters. The monoisotopic (exact) mass is 459 g/mol. The van der Waals surface area contributed by atoms with Gasteiger partial charge in [-0.25, -0.2) is 13.2 Å². The van der Waals surface area contributed by atoms with E-state index in [-0.39, 0.29) is 23.6 Å². The van der Waals surface area contributed by atoms with Gasteiger partial charge in [-0.1, -0.05) is 20.8 Å². The quantitative estimate of drug-likeness (QED) is 0.519. The Labute approximate surface area is 191 Å². The zero-order valence-electron chi connectivity index (χ0n) is 19.5. The SMILES string of the molecule is CCc1c(C(=O)N2C(CC)Cc3c(nn(C)c3-c3cc(F)c(F)c(F)c3)C2CC)cnn1C. The van der Waals surface area contributed by atoms with Gasteiger partial charge >= 0.3 is 0 Å². The van der Waals surface area contributed by atoms with Gasteiger partial charge in [-0.15, -0.1) is 0 Å². The van der Waals surface area contributed by atoms with Gasteiger partial charge in [0, 0.05) is 31.3 Å². The number of hydrogen-bond donors (Lipinski definition) is 0. The van der Waals surface area contributed by atoms with Crippen molar-refractivity contribution in [3.8, 4) is 11.3 Å². The molecule has 1 aliphatic rings. The zero-order valence-corrected chi connectivity index (χ0v) is 19.5. The number of aryl methyl sites for hydroxylation is 2. The van der Waals surface area contributed by atoms with E-state index in [1.807, 2.05) is 32.7 Å². The van der Waals surface area contributed by atoms with E-state index < -0.39 is 17.5 Å². The third-order valence-electron chi connectivity index (χ3n) is 6.64. The number of rotatable bonds is 5. The van der Waals surface area contributed by atoms with Crippen LogP contribution < -0.4 is 0 Å². The lowest BCUT2D eigenvalue weighted by Crippen LogP contribution is -2.47. The predicted molar refractivity (Wildman–Crippen MR) is 118 cm³/mol. The number of amides is 1. The molecule has 1 aromatic carbocycles. The fraction of sp³-hybridized carbons (Fsp3) is 0.458. The molecule has 1 aliphatic heterocycles. The van der Waals surface area contributed by atoms with E-state index in [4.69, 9.17) is 0 Å². The second-order valence-corrected chi connectivity index (χ2v) is 8.47. The normalized spacial score (nSPS) is 18.0. The molecular weight excluding hydrogens is 431 g/mol. The van der Waals surface area contributed by atoms with E-state index in [9.17, 15) is 18.0 Å². The summed E-state index contributed by atoms with van der Waals surface area (Å²) in [5.41, 5.74) is 3.77. The molecule has 2 unspecified atom stereocenters. The molecule has 0 aliphatic carbocycles. The second-order valence-electron chi connectivity index (χ2n) is 8.47. The van der Waals surface area contributed by atoms with Crippen molar-refractivity contribution in [1.82, 2.24) is 24.5 Å². The lowest BCUT2D eigenvalue weighted by Gasteiger charge is -2.41. The van der Waals surface area contributed by atoms with E-state index >= 15 is 0 Å². The summed E-state index contributed by atoms with van der Waals surface area (Å²) in [5.74, 6) is -4.06. The van der Waals surface area contributed by atoms with Gasteiger partial charge in [0.25, 0.3) is 5.91 Å². The van der Waals surface area contributed by atoms with Gasteiger partial charge in [0.05, 0.1) is 34.9 Å². The summed E-state index contributed by atoms with van der Waals surface area (Å²) in [7, 11) is 3.52. The Hall–Kier alpha value is -3.10. The highest BCUT2D eigenvalue weighted by atomic mass is 19.2. The first-order valence-electron chi connectivity index (χ1n) is 11.3. The highest BCUT2D eigenvalue weighted by Gasteiger charge is 2.41. The Morgan fingerprint density at radius 3 is 2.30 bits per heavy atom. The molecule has 176 valence electrons. The summed E-state index contributed by atoms with van der Waals surface area (Å²) in [6.45, 7) is 5.99. The molecule has 1 amide bonds. The van der Waals surface area contributed by atoms with Gasteiger partial charge in [0.15, 0.2) is 17.5 Å². The highest BCUT2D eigenvalue weighted by molar-refractivity contribution is 5.96. The molecule has 9 heteroatoms. The molecule has 0 bridgehead atoms. The van der Waals surface area contributed by atoms with Gasteiger partial charge in [-0.05, 0) is 37.8 Å². The third-order valence-corrected chi connectivity index (χ3v) is 6.64. The number of hydrogen-bond acceptors (Lipinski definition) is 3. The van der Waals surface area contributed by atoms with Crippen LogP contribution in [0.15, 0.2) is 18.3 Å². The first-order chi connectivity index (χ1) is 15.7. The van der Waals surface area contributed by atoms with Crippen molar-refractivity contribution < 1.29 is 18.0 Å². The van der Waals surface area contributed by atoms with Crippen LogP contribution in [-0.4, -0.2) is 36.4 Å². The first kappa shape index (κ1) is 23.1. The summed E-state index contributed by atoms with van der Waals surface area (Å²) in [4.78, 5) is 15.6. The Bertz CT molecular complexity index is 1190. The Morgan fingerprint density at radius 1 is 1.06 bits per heavy atom. The van der Waals surface area contributed by atoms with Crippen molar-refractivity contribution in [1.29, 1.82) is 0 Å². The van der Waals surface area contributed by atoms with Crippen LogP contribution in [0.2, 0.25) is 0 Å². The standard InChI is InChI=1S/C24H28F3N5O/c1-6-14-11-15-22(29-31(5)23(15)13-9-17(25)21(27)18(26)10-13)20(8-3)32(14)24(33)16-12-28-30(4)19(16)7-2/h9-10,12,14,20H,6-8,11H2,1-5H3. The van der Waals surface area contributed by atoms with Crippen molar-refractivity contribution in [3.05, 3.63) is 58.3 Å². The van der Waals surface area contributed by atoms with E-state index in [1.54, 1.807) is 22.6 Å². The molecule has 0 N–H and O–H groups in total. The molecule has 0 saturated heterocycles. The van der Waals surface area contributed by atoms with E-state index in [1.165, 1.54) is 0 Å². The largest absolute Gasteiger partial charge is 0.327 e. The van der Waals surface area contributed by atoms with E-state index in [2.05, 4.69) is 10.2 Å². The molecule has 0 fully saturated rings. The van der Waals surface area contributed by atoms with Crippen LogP contribution in [-0.2, 0) is 26.9 Å². The minimum Gasteiger partial charge on any atom is -0.327 e. The molecule has 3 aromatic rings. The third kappa shape index (κ3) is 3.63. The summed E-state index contributed by atoms with van der Waals surface area (Å²) in [6, 6.07) is 1.57. The van der Waals surface area contributed by atoms with Crippen molar-refractivity contribution >= 4 is 5.91 Å². The molecule has 33 heavy (non-hydrogen) atoms. The van der Waals surface area contributed by atoms with Gasteiger partial charge in [-0.3, -0.25) is 14.2 Å². The second kappa shape index (κ2) is 8.68. The molecule has 0 radical (unpaired) electrons. The summed E-state index contributed by atoms with van der Waals surface area (Å²) in [6.07, 6.45) is 4.10. The fourth-order valence-corrected chi connectivity index (χ4v) is 5.07. The Kier molecular flexibility index (Phi) is 6.07. The van der Waals surface area contributed by atoms with Gasteiger partial charge in [0.2, 0.25) is 0 Å².